The van der Waals surface area contributed by atoms with Crippen LogP contribution in [0.15, 0.2) is 0 Å². The number of aliphatic hydroxyl groups excluding tert-OH is 1. The summed E-state index contributed by atoms with van der Waals surface area (Å²) in [4.78, 5) is 21.5. The van der Waals surface area contributed by atoms with Crippen molar-refractivity contribution in [1.82, 2.24) is 5.32 Å². The van der Waals surface area contributed by atoms with Gasteiger partial charge in [-0.15, -0.1) is 0 Å². The number of rotatable bonds is 4. The van der Waals surface area contributed by atoms with Crippen molar-refractivity contribution in [3.05, 3.63) is 0 Å². The zero-order valence-corrected chi connectivity index (χ0v) is 8.61. The Bertz CT molecular complexity index is 236. The molecule has 5 heteroatoms. The fraction of sp³-hybridized carbons (Fsp3) is 0.800. The van der Waals surface area contributed by atoms with Gasteiger partial charge in [0.15, 0.2) is 0 Å². The number of carbonyl (C=O) groups excluding carboxylic acids is 1. The van der Waals surface area contributed by atoms with E-state index in [1.165, 1.54) is 0 Å². The van der Waals surface area contributed by atoms with Crippen LogP contribution in [0.1, 0.15) is 32.1 Å². The maximum atomic E-state index is 11.3. The van der Waals surface area contributed by atoms with Crippen LogP contribution in [-0.4, -0.2) is 34.7 Å². The molecule has 0 aliphatic heterocycles. The average Bonchev–Trinajstić information content (AvgIpc) is 2.26. The van der Waals surface area contributed by atoms with E-state index in [1.807, 2.05) is 0 Å². The first-order valence-electron chi connectivity index (χ1n) is 5.29. The lowest BCUT2D eigenvalue weighted by atomic mass is 9.85. The van der Waals surface area contributed by atoms with Gasteiger partial charge in [0.05, 0.1) is 0 Å². The van der Waals surface area contributed by atoms with Crippen LogP contribution in [0.2, 0.25) is 0 Å². The monoisotopic (exact) mass is 215 g/mol. The van der Waals surface area contributed by atoms with Crippen LogP contribution in [0.25, 0.3) is 0 Å². The number of hydrogen-bond donors (Lipinski definition) is 3. The lowest BCUT2D eigenvalue weighted by molar-refractivity contribution is -0.140. The van der Waals surface area contributed by atoms with Crippen LogP contribution in [0.5, 0.6) is 0 Å². The normalized spacial score (nSPS) is 19.5. The van der Waals surface area contributed by atoms with Gasteiger partial charge in [0.1, 0.15) is 12.6 Å². The third-order valence-electron chi connectivity index (χ3n) is 2.78. The molecule has 1 aliphatic rings. The fourth-order valence-electron chi connectivity index (χ4n) is 1.93. The Morgan fingerprint density at radius 2 is 1.87 bits per heavy atom. The number of nitrogens with one attached hydrogen (secondary N) is 1. The fourth-order valence-corrected chi connectivity index (χ4v) is 1.93. The second kappa shape index (κ2) is 5.70. The Kier molecular flexibility index (Phi) is 4.55. The summed E-state index contributed by atoms with van der Waals surface area (Å²) in [5.41, 5.74) is 0. The number of carboxylic acid groups (broad SMARTS) is 1. The molecule has 1 aliphatic carbocycles. The smallest absolute Gasteiger partial charge is 0.322 e. The molecule has 1 unspecified atom stereocenters. The van der Waals surface area contributed by atoms with Gasteiger partial charge in [0.2, 0.25) is 5.91 Å². The van der Waals surface area contributed by atoms with E-state index in [0.717, 1.165) is 32.1 Å². The maximum absolute atomic E-state index is 11.3. The predicted octanol–water partition coefficient (Wildman–Crippen LogP) is 0.128. The summed E-state index contributed by atoms with van der Waals surface area (Å²) in [7, 11) is 0. The summed E-state index contributed by atoms with van der Waals surface area (Å²) in [6, 6.07) is 0. The zero-order chi connectivity index (χ0) is 11.3. The van der Waals surface area contributed by atoms with Crippen molar-refractivity contribution in [1.29, 1.82) is 0 Å². The summed E-state index contributed by atoms with van der Waals surface area (Å²) in [5, 5.41) is 20.2. The number of aliphatic carboxylic acids is 1. The minimum atomic E-state index is -1.10. The van der Waals surface area contributed by atoms with Gasteiger partial charge in [-0.05, 0) is 18.8 Å². The standard InChI is InChI=1S/C10H17NO4/c12-8(13)6-11-10(15)9(14)7-4-2-1-3-5-7/h7,9,14H,1-6H2,(H,11,15)(H,12,13). The van der Waals surface area contributed by atoms with Crippen molar-refractivity contribution in [2.24, 2.45) is 5.92 Å². The van der Waals surface area contributed by atoms with Gasteiger partial charge in [0, 0.05) is 0 Å². The van der Waals surface area contributed by atoms with E-state index in [0.29, 0.717) is 0 Å². The SMILES string of the molecule is O=C(O)CNC(=O)C(O)C1CCCCC1. The summed E-state index contributed by atoms with van der Waals surface area (Å²) in [5.74, 6) is -1.67. The van der Waals surface area contributed by atoms with Crippen LogP contribution in [0.4, 0.5) is 0 Å². The Labute approximate surface area is 88.5 Å². The number of hydrogen-bond acceptors (Lipinski definition) is 3. The highest BCUT2D eigenvalue weighted by atomic mass is 16.4. The maximum Gasteiger partial charge on any atom is 0.322 e. The molecule has 86 valence electrons. The summed E-state index contributed by atoms with van der Waals surface area (Å²) in [6.45, 7) is -0.428. The zero-order valence-electron chi connectivity index (χ0n) is 8.61. The number of carbonyl (C=O) groups is 2. The lowest BCUT2D eigenvalue weighted by Gasteiger charge is -2.25. The molecule has 0 radical (unpaired) electrons. The summed E-state index contributed by atoms with van der Waals surface area (Å²) >= 11 is 0. The minimum Gasteiger partial charge on any atom is -0.480 e. The first-order chi connectivity index (χ1) is 7.11. The number of aliphatic hydroxyl groups is 1. The van der Waals surface area contributed by atoms with Crippen LogP contribution >= 0.6 is 0 Å². The highest BCUT2D eigenvalue weighted by molar-refractivity contribution is 5.84. The van der Waals surface area contributed by atoms with Crippen LogP contribution < -0.4 is 5.32 Å². The first-order valence-corrected chi connectivity index (χ1v) is 5.29. The molecule has 15 heavy (non-hydrogen) atoms. The van der Waals surface area contributed by atoms with E-state index < -0.39 is 24.5 Å². The lowest BCUT2D eigenvalue weighted by Crippen LogP contribution is -2.42. The van der Waals surface area contributed by atoms with Crippen molar-refractivity contribution in [2.45, 2.75) is 38.2 Å². The third kappa shape index (κ3) is 3.87. The molecular weight excluding hydrogens is 198 g/mol. The molecule has 1 fully saturated rings. The van der Waals surface area contributed by atoms with Crippen molar-refractivity contribution < 1.29 is 19.8 Å². The van der Waals surface area contributed by atoms with Gasteiger partial charge in [-0.1, -0.05) is 19.3 Å². The first kappa shape index (κ1) is 12.0. The number of carboxylic acids is 1. The van der Waals surface area contributed by atoms with Gasteiger partial charge < -0.3 is 15.5 Å². The van der Waals surface area contributed by atoms with Crippen molar-refractivity contribution in [2.75, 3.05) is 6.54 Å². The molecule has 1 rings (SSSR count). The molecule has 0 heterocycles. The second-order valence-electron chi connectivity index (χ2n) is 3.95. The molecule has 0 aromatic rings. The highest BCUT2D eigenvalue weighted by Gasteiger charge is 2.27. The van der Waals surface area contributed by atoms with Crippen molar-refractivity contribution in [3.63, 3.8) is 0 Å². The molecule has 0 aromatic heterocycles. The third-order valence-corrected chi connectivity index (χ3v) is 2.78. The molecule has 1 saturated carbocycles. The molecule has 1 amide bonds. The molecule has 0 spiro atoms. The van der Waals surface area contributed by atoms with E-state index in [9.17, 15) is 14.7 Å². The van der Waals surface area contributed by atoms with E-state index in [4.69, 9.17) is 5.11 Å². The largest absolute Gasteiger partial charge is 0.480 e. The van der Waals surface area contributed by atoms with Crippen LogP contribution in [0, 0.1) is 5.92 Å². The summed E-state index contributed by atoms with van der Waals surface area (Å²) < 4.78 is 0. The Morgan fingerprint density at radius 1 is 1.27 bits per heavy atom. The molecule has 1 atom stereocenters. The van der Waals surface area contributed by atoms with E-state index >= 15 is 0 Å². The van der Waals surface area contributed by atoms with Crippen LogP contribution in [0.3, 0.4) is 0 Å². The van der Waals surface area contributed by atoms with Crippen LogP contribution in [-0.2, 0) is 9.59 Å². The molecular formula is C10H17NO4. The van der Waals surface area contributed by atoms with E-state index in [2.05, 4.69) is 5.32 Å². The predicted molar refractivity (Wildman–Crippen MR) is 53.2 cm³/mol. The summed E-state index contributed by atoms with van der Waals surface area (Å²) in [6.07, 6.45) is 3.87. The van der Waals surface area contributed by atoms with Gasteiger partial charge in [-0.2, -0.15) is 0 Å². The average molecular weight is 215 g/mol. The molecule has 5 nitrogen and oxygen atoms in total. The van der Waals surface area contributed by atoms with Gasteiger partial charge in [-0.3, -0.25) is 9.59 Å². The Hall–Kier alpha value is -1.10. The van der Waals surface area contributed by atoms with E-state index in [-0.39, 0.29) is 5.92 Å². The highest BCUT2D eigenvalue weighted by Crippen LogP contribution is 2.26. The Balaban J connectivity index is 2.33. The molecule has 0 saturated heterocycles. The quantitative estimate of drug-likeness (QED) is 0.622. The van der Waals surface area contributed by atoms with Crippen molar-refractivity contribution in [3.8, 4) is 0 Å². The molecule has 0 bridgehead atoms. The number of amides is 1. The van der Waals surface area contributed by atoms with Gasteiger partial charge >= 0.3 is 5.97 Å². The van der Waals surface area contributed by atoms with Crippen molar-refractivity contribution >= 4 is 11.9 Å². The second-order valence-corrected chi connectivity index (χ2v) is 3.95. The van der Waals surface area contributed by atoms with E-state index in [1.54, 1.807) is 0 Å². The Morgan fingerprint density at radius 3 is 2.40 bits per heavy atom. The topological polar surface area (TPSA) is 86.6 Å². The van der Waals surface area contributed by atoms with Gasteiger partial charge in [0.25, 0.3) is 0 Å². The molecule has 0 aromatic carbocycles. The minimum absolute atomic E-state index is 0.00690. The molecule has 3 N–H and O–H groups in total. The van der Waals surface area contributed by atoms with Gasteiger partial charge in [-0.25, -0.2) is 0 Å².